The van der Waals surface area contributed by atoms with Crippen LogP contribution >= 0.6 is 0 Å². The van der Waals surface area contributed by atoms with E-state index >= 15 is 0 Å². The maximum absolute atomic E-state index is 13.0. The molecule has 1 heterocycles. The van der Waals surface area contributed by atoms with Gasteiger partial charge in [0.2, 0.25) is 0 Å². The minimum atomic E-state index is -4.58. The summed E-state index contributed by atoms with van der Waals surface area (Å²) in [6.45, 7) is 0. The molecule has 3 rings (SSSR count). The van der Waals surface area contributed by atoms with Crippen LogP contribution in [0.4, 0.5) is 13.2 Å². The highest BCUT2D eigenvalue weighted by molar-refractivity contribution is 6.16. The molecular weight excluding hydrogens is 281 g/mol. The summed E-state index contributed by atoms with van der Waals surface area (Å²) in [4.78, 5) is 12.4. The van der Waals surface area contributed by atoms with E-state index in [0.717, 1.165) is 6.07 Å². The predicted molar refractivity (Wildman–Crippen MR) is 71.1 cm³/mol. The lowest BCUT2D eigenvalue weighted by Crippen LogP contribution is -2.13. The van der Waals surface area contributed by atoms with Crippen molar-refractivity contribution in [3.63, 3.8) is 0 Å². The first kappa shape index (κ1) is 13.4. The Hall–Kier alpha value is -2.56. The van der Waals surface area contributed by atoms with E-state index in [-0.39, 0.29) is 11.1 Å². The van der Waals surface area contributed by atoms with E-state index in [1.165, 1.54) is 24.5 Å². The van der Waals surface area contributed by atoms with E-state index in [1.807, 2.05) is 0 Å². The van der Waals surface area contributed by atoms with Gasteiger partial charge in [0.1, 0.15) is 11.8 Å². The summed E-state index contributed by atoms with van der Waals surface area (Å²) in [6, 6.07) is 11.5. The molecule has 2 nitrogen and oxygen atoms in total. The van der Waals surface area contributed by atoms with Crippen LogP contribution in [0.25, 0.3) is 11.0 Å². The predicted octanol–water partition coefficient (Wildman–Crippen LogP) is 4.68. The first-order valence-corrected chi connectivity index (χ1v) is 6.15. The second-order valence-corrected chi connectivity index (χ2v) is 4.52. The molecule has 2 aromatic carbocycles. The van der Waals surface area contributed by atoms with Gasteiger partial charge in [-0.25, -0.2) is 0 Å². The zero-order valence-corrected chi connectivity index (χ0v) is 10.6. The summed E-state index contributed by atoms with van der Waals surface area (Å²) >= 11 is 0. The fourth-order valence-corrected chi connectivity index (χ4v) is 2.23. The summed E-state index contributed by atoms with van der Waals surface area (Å²) < 4.78 is 44.2. The van der Waals surface area contributed by atoms with Crippen molar-refractivity contribution in [1.29, 1.82) is 0 Å². The molecule has 0 aliphatic carbocycles. The van der Waals surface area contributed by atoms with Crippen molar-refractivity contribution in [1.82, 2.24) is 0 Å². The molecule has 3 aromatic rings. The maximum Gasteiger partial charge on any atom is 0.417 e. The molecule has 0 fully saturated rings. The SMILES string of the molecule is O=C(c1ccccc1C(F)(F)F)c1coc2ccccc12. The smallest absolute Gasteiger partial charge is 0.417 e. The zero-order valence-electron chi connectivity index (χ0n) is 10.6. The molecular formula is C16H9F3O2. The van der Waals surface area contributed by atoms with Crippen LogP contribution in [-0.2, 0) is 6.18 Å². The van der Waals surface area contributed by atoms with Crippen molar-refractivity contribution in [3.05, 3.63) is 71.5 Å². The van der Waals surface area contributed by atoms with Crippen molar-refractivity contribution in [3.8, 4) is 0 Å². The monoisotopic (exact) mass is 290 g/mol. The number of hydrogen-bond donors (Lipinski definition) is 0. The Bertz CT molecular complexity index is 816. The lowest BCUT2D eigenvalue weighted by molar-refractivity contribution is -0.137. The Kier molecular flexibility index (Phi) is 3.05. The van der Waals surface area contributed by atoms with Crippen LogP contribution in [0.2, 0.25) is 0 Å². The molecule has 0 unspecified atom stereocenters. The zero-order chi connectivity index (χ0) is 15.0. The van der Waals surface area contributed by atoms with Crippen LogP contribution in [-0.4, -0.2) is 5.78 Å². The van der Waals surface area contributed by atoms with Crippen molar-refractivity contribution >= 4 is 16.8 Å². The number of rotatable bonds is 2. The number of para-hydroxylation sites is 1. The number of halogens is 3. The third-order valence-corrected chi connectivity index (χ3v) is 3.20. The molecule has 21 heavy (non-hydrogen) atoms. The Morgan fingerprint density at radius 2 is 1.57 bits per heavy atom. The molecule has 0 saturated heterocycles. The van der Waals surface area contributed by atoms with Crippen molar-refractivity contribution in [2.24, 2.45) is 0 Å². The second kappa shape index (κ2) is 4.77. The number of hydrogen-bond acceptors (Lipinski definition) is 2. The van der Waals surface area contributed by atoms with E-state index in [1.54, 1.807) is 24.3 Å². The summed E-state index contributed by atoms with van der Waals surface area (Å²) in [6.07, 6.45) is -3.38. The van der Waals surface area contributed by atoms with E-state index in [4.69, 9.17) is 4.42 Å². The van der Waals surface area contributed by atoms with Gasteiger partial charge in [-0.15, -0.1) is 0 Å². The van der Waals surface area contributed by atoms with Gasteiger partial charge in [-0.3, -0.25) is 4.79 Å². The molecule has 0 N–H and O–H groups in total. The quantitative estimate of drug-likeness (QED) is 0.641. The highest BCUT2D eigenvalue weighted by Crippen LogP contribution is 2.34. The topological polar surface area (TPSA) is 30.2 Å². The number of fused-ring (bicyclic) bond motifs is 1. The van der Waals surface area contributed by atoms with Crippen LogP contribution in [0.15, 0.2) is 59.2 Å². The van der Waals surface area contributed by atoms with Crippen LogP contribution < -0.4 is 0 Å². The number of ketones is 1. The third-order valence-electron chi connectivity index (χ3n) is 3.20. The Balaban J connectivity index is 2.16. The van der Waals surface area contributed by atoms with Crippen molar-refractivity contribution in [2.75, 3.05) is 0 Å². The molecule has 5 heteroatoms. The first-order chi connectivity index (χ1) is 9.98. The maximum atomic E-state index is 13.0. The van der Waals surface area contributed by atoms with Crippen LogP contribution in [0.5, 0.6) is 0 Å². The molecule has 1 aromatic heterocycles. The van der Waals surface area contributed by atoms with E-state index < -0.39 is 17.5 Å². The standard InChI is InChI=1S/C16H9F3O2/c17-16(18,19)13-7-3-1-6-11(13)15(20)12-9-21-14-8-4-2-5-10(12)14/h1-9H. The molecule has 0 aliphatic rings. The van der Waals surface area contributed by atoms with Gasteiger partial charge in [-0.2, -0.15) is 13.2 Å². The van der Waals surface area contributed by atoms with Crippen LogP contribution in [0, 0.1) is 0 Å². The Labute approximate surface area is 117 Å². The number of carbonyl (C=O) groups is 1. The molecule has 0 saturated carbocycles. The van der Waals surface area contributed by atoms with Crippen LogP contribution in [0.3, 0.4) is 0 Å². The molecule has 0 amide bonds. The summed E-state index contributed by atoms with van der Waals surface area (Å²) in [7, 11) is 0. The van der Waals surface area contributed by atoms with Gasteiger partial charge in [0.15, 0.2) is 5.78 Å². The van der Waals surface area contributed by atoms with Crippen molar-refractivity contribution < 1.29 is 22.4 Å². The van der Waals surface area contributed by atoms with Gasteiger partial charge in [0, 0.05) is 10.9 Å². The molecule has 106 valence electrons. The van der Waals surface area contributed by atoms with E-state index in [2.05, 4.69) is 0 Å². The lowest BCUT2D eigenvalue weighted by Gasteiger charge is -2.11. The Morgan fingerprint density at radius 3 is 2.33 bits per heavy atom. The van der Waals surface area contributed by atoms with E-state index in [9.17, 15) is 18.0 Å². The van der Waals surface area contributed by atoms with Gasteiger partial charge in [-0.1, -0.05) is 36.4 Å². The fraction of sp³-hybridized carbons (Fsp3) is 0.0625. The number of carbonyl (C=O) groups excluding carboxylic acids is 1. The highest BCUT2D eigenvalue weighted by atomic mass is 19.4. The largest absolute Gasteiger partial charge is 0.464 e. The van der Waals surface area contributed by atoms with Gasteiger partial charge in [0.05, 0.1) is 11.1 Å². The number of benzene rings is 2. The first-order valence-electron chi connectivity index (χ1n) is 6.15. The fourth-order valence-electron chi connectivity index (χ4n) is 2.23. The molecule has 0 spiro atoms. The number of furan rings is 1. The van der Waals surface area contributed by atoms with Gasteiger partial charge in [0.25, 0.3) is 0 Å². The summed E-state index contributed by atoms with van der Waals surface area (Å²) in [5.41, 5.74) is -0.732. The van der Waals surface area contributed by atoms with Crippen molar-refractivity contribution in [2.45, 2.75) is 6.18 Å². The normalized spacial score (nSPS) is 11.8. The third kappa shape index (κ3) is 2.31. The molecule has 0 bridgehead atoms. The Morgan fingerprint density at radius 1 is 0.905 bits per heavy atom. The number of alkyl halides is 3. The van der Waals surface area contributed by atoms with Gasteiger partial charge >= 0.3 is 6.18 Å². The van der Waals surface area contributed by atoms with E-state index in [0.29, 0.717) is 11.0 Å². The lowest BCUT2D eigenvalue weighted by atomic mass is 9.98. The van der Waals surface area contributed by atoms with Gasteiger partial charge in [-0.05, 0) is 12.1 Å². The van der Waals surface area contributed by atoms with Gasteiger partial charge < -0.3 is 4.42 Å². The molecule has 0 atom stereocenters. The minimum absolute atomic E-state index is 0.127. The molecule has 0 aliphatic heterocycles. The minimum Gasteiger partial charge on any atom is -0.464 e. The highest BCUT2D eigenvalue weighted by Gasteiger charge is 2.35. The second-order valence-electron chi connectivity index (χ2n) is 4.52. The average Bonchev–Trinajstić information content (AvgIpc) is 2.89. The summed E-state index contributed by atoms with van der Waals surface area (Å²) in [5, 5.41) is 0.500. The van der Waals surface area contributed by atoms with Crippen LogP contribution in [0.1, 0.15) is 21.5 Å². The summed E-state index contributed by atoms with van der Waals surface area (Å²) in [5.74, 6) is -0.701. The molecule has 0 radical (unpaired) electrons. The average molecular weight is 290 g/mol.